The van der Waals surface area contributed by atoms with Crippen LogP contribution < -0.4 is 5.32 Å². The fourth-order valence-electron chi connectivity index (χ4n) is 3.46. The molecule has 1 heterocycles. The molecule has 0 spiro atoms. The molecule has 0 aliphatic rings. The van der Waals surface area contributed by atoms with Crippen molar-refractivity contribution in [1.82, 2.24) is 10.3 Å². The first-order chi connectivity index (χ1) is 13.8. The molecular weight excluding hydrogens is 344 g/mol. The summed E-state index contributed by atoms with van der Waals surface area (Å²) in [5.41, 5.74) is 4.38. The molecule has 0 radical (unpaired) electrons. The lowest BCUT2D eigenvalue weighted by molar-refractivity contribution is 0.0937. The van der Waals surface area contributed by atoms with E-state index in [9.17, 15) is 4.79 Å². The van der Waals surface area contributed by atoms with Gasteiger partial charge in [-0.3, -0.25) is 4.79 Å². The number of benzene rings is 3. The van der Waals surface area contributed by atoms with E-state index in [-0.39, 0.29) is 11.9 Å². The van der Waals surface area contributed by atoms with Crippen molar-refractivity contribution in [2.24, 2.45) is 0 Å². The number of carbonyl (C=O) groups is 1. The van der Waals surface area contributed by atoms with Crippen molar-refractivity contribution in [3.63, 3.8) is 0 Å². The summed E-state index contributed by atoms with van der Waals surface area (Å²) in [6.07, 6.45) is 0.824. The Kier molecular flexibility index (Phi) is 5.16. The van der Waals surface area contributed by atoms with Crippen LogP contribution in [0.25, 0.3) is 22.2 Å². The quantitative estimate of drug-likeness (QED) is 0.486. The highest BCUT2D eigenvalue weighted by molar-refractivity contribution is 6.07. The first kappa shape index (κ1) is 17.9. The monoisotopic (exact) mass is 366 g/mol. The van der Waals surface area contributed by atoms with Gasteiger partial charge in [-0.05, 0) is 24.1 Å². The van der Waals surface area contributed by atoms with Crippen LogP contribution >= 0.6 is 0 Å². The van der Waals surface area contributed by atoms with E-state index in [4.69, 9.17) is 4.98 Å². The molecular formula is C25H22N2O. The molecule has 1 amide bonds. The number of para-hydroxylation sites is 1. The van der Waals surface area contributed by atoms with E-state index in [1.807, 2.05) is 78.9 Å². The maximum Gasteiger partial charge on any atom is 0.252 e. The summed E-state index contributed by atoms with van der Waals surface area (Å²) in [6, 6.07) is 29.7. The topological polar surface area (TPSA) is 42.0 Å². The number of hydrogen-bond acceptors (Lipinski definition) is 2. The lowest BCUT2D eigenvalue weighted by Crippen LogP contribution is -2.28. The minimum Gasteiger partial charge on any atom is -0.345 e. The summed E-state index contributed by atoms with van der Waals surface area (Å²) in [6.45, 7) is 2.08. The van der Waals surface area contributed by atoms with Crippen LogP contribution in [0, 0.1) is 0 Å². The Labute approximate surface area is 165 Å². The van der Waals surface area contributed by atoms with Crippen LogP contribution in [0.3, 0.4) is 0 Å². The van der Waals surface area contributed by atoms with Gasteiger partial charge < -0.3 is 5.32 Å². The Hall–Kier alpha value is -3.46. The molecule has 1 atom stereocenters. The normalized spacial score (nSPS) is 11.9. The molecule has 3 aromatic carbocycles. The summed E-state index contributed by atoms with van der Waals surface area (Å²) >= 11 is 0. The van der Waals surface area contributed by atoms with Crippen molar-refractivity contribution in [2.45, 2.75) is 19.4 Å². The van der Waals surface area contributed by atoms with Gasteiger partial charge in [0.2, 0.25) is 0 Å². The van der Waals surface area contributed by atoms with Crippen LogP contribution in [0.15, 0.2) is 91.0 Å². The molecule has 0 fully saturated rings. The van der Waals surface area contributed by atoms with Crippen molar-refractivity contribution >= 4 is 16.8 Å². The van der Waals surface area contributed by atoms with Gasteiger partial charge in [-0.15, -0.1) is 0 Å². The van der Waals surface area contributed by atoms with Gasteiger partial charge in [0.05, 0.1) is 22.8 Å². The van der Waals surface area contributed by atoms with Gasteiger partial charge >= 0.3 is 0 Å². The van der Waals surface area contributed by atoms with E-state index in [0.717, 1.165) is 34.1 Å². The molecule has 0 unspecified atom stereocenters. The Morgan fingerprint density at radius 3 is 2.25 bits per heavy atom. The number of rotatable bonds is 5. The van der Waals surface area contributed by atoms with Gasteiger partial charge in [0.25, 0.3) is 5.91 Å². The highest BCUT2D eigenvalue weighted by Gasteiger charge is 2.17. The molecule has 0 aliphatic carbocycles. The Bertz CT molecular complexity index is 1090. The van der Waals surface area contributed by atoms with Crippen LogP contribution in [-0.4, -0.2) is 10.9 Å². The van der Waals surface area contributed by atoms with E-state index in [2.05, 4.69) is 24.4 Å². The summed E-state index contributed by atoms with van der Waals surface area (Å²) < 4.78 is 0. The Balaban J connectivity index is 1.75. The van der Waals surface area contributed by atoms with E-state index < -0.39 is 0 Å². The zero-order chi connectivity index (χ0) is 19.3. The van der Waals surface area contributed by atoms with Gasteiger partial charge in [0.1, 0.15) is 0 Å². The number of nitrogens with zero attached hydrogens (tertiary/aromatic N) is 1. The molecule has 28 heavy (non-hydrogen) atoms. The molecule has 138 valence electrons. The third kappa shape index (κ3) is 3.65. The fraction of sp³-hybridized carbons (Fsp3) is 0.120. The van der Waals surface area contributed by atoms with E-state index in [1.165, 1.54) is 0 Å². The Morgan fingerprint density at radius 2 is 1.54 bits per heavy atom. The van der Waals surface area contributed by atoms with Gasteiger partial charge in [-0.25, -0.2) is 4.98 Å². The number of fused-ring (bicyclic) bond motifs is 1. The second kappa shape index (κ2) is 8.05. The highest BCUT2D eigenvalue weighted by atomic mass is 16.1. The predicted molar refractivity (Wildman–Crippen MR) is 114 cm³/mol. The van der Waals surface area contributed by atoms with Crippen LogP contribution in [0.5, 0.6) is 0 Å². The molecule has 1 aromatic heterocycles. The maximum absolute atomic E-state index is 13.2. The van der Waals surface area contributed by atoms with Crippen molar-refractivity contribution < 1.29 is 4.79 Å². The minimum atomic E-state index is -0.0773. The van der Waals surface area contributed by atoms with Gasteiger partial charge in [-0.2, -0.15) is 0 Å². The molecule has 0 saturated carbocycles. The van der Waals surface area contributed by atoms with Crippen molar-refractivity contribution in [1.29, 1.82) is 0 Å². The average molecular weight is 366 g/mol. The molecule has 4 aromatic rings. The lowest BCUT2D eigenvalue weighted by Gasteiger charge is -2.18. The number of aromatic nitrogens is 1. The van der Waals surface area contributed by atoms with Crippen molar-refractivity contribution in [3.8, 4) is 11.3 Å². The summed E-state index contributed by atoms with van der Waals surface area (Å²) in [7, 11) is 0. The molecule has 0 bridgehead atoms. The van der Waals surface area contributed by atoms with E-state index >= 15 is 0 Å². The first-order valence-corrected chi connectivity index (χ1v) is 9.57. The van der Waals surface area contributed by atoms with E-state index in [1.54, 1.807) is 0 Å². The van der Waals surface area contributed by atoms with Crippen LogP contribution in [-0.2, 0) is 0 Å². The third-order valence-electron chi connectivity index (χ3n) is 4.95. The molecule has 3 nitrogen and oxygen atoms in total. The second-order valence-corrected chi connectivity index (χ2v) is 6.78. The summed E-state index contributed by atoms with van der Waals surface area (Å²) in [5.74, 6) is -0.0773. The Morgan fingerprint density at radius 1 is 0.893 bits per heavy atom. The average Bonchev–Trinajstić information content (AvgIpc) is 2.77. The number of nitrogens with one attached hydrogen (secondary N) is 1. The summed E-state index contributed by atoms with van der Waals surface area (Å²) in [4.78, 5) is 18.0. The third-order valence-corrected chi connectivity index (χ3v) is 4.95. The number of hydrogen-bond donors (Lipinski definition) is 1. The second-order valence-electron chi connectivity index (χ2n) is 6.78. The number of amides is 1. The highest BCUT2D eigenvalue weighted by Crippen LogP contribution is 2.26. The predicted octanol–water partition coefficient (Wildman–Crippen LogP) is 5.78. The van der Waals surface area contributed by atoms with Gasteiger partial charge in [0, 0.05) is 10.9 Å². The van der Waals surface area contributed by atoms with Crippen LogP contribution in [0.1, 0.15) is 35.3 Å². The van der Waals surface area contributed by atoms with Crippen LogP contribution in [0.2, 0.25) is 0 Å². The molecule has 0 aliphatic heterocycles. The van der Waals surface area contributed by atoms with Crippen molar-refractivity contribution in [3.05, 3.63) is 102 Å². The molecule has 0 saturated heterocycles. The number of carbonyl (C=O) groups excluding carboxylic acids is 1. The lowest BCUT2D eigenvalue weighted by atomic mass is 10.0. The van der Waals surface area contributed by atoms with Crippen LogP contribution in [0.4, 0.5) is 0 Å². The smallest absolute Gasteiger partial charge is 0.252 e. The van der Waals surface area contributed by atoms with Gasteiger partial charge in [0.15, 0.2) is 0 Å². The SMILES string of the molecule is CC[C@@H](NC(=O)c1cc(-c2ccccc2)nc2ccccc12)c1ccccc1. The zero-order valence-corrected chi connectivity index (χ0v) is 15.8. The first-order valence-electron chi connectivity index (χ1n) is 9.57. The molecule has 4 rings (SSSR count). The van der Waals surface area contributed by atoms with Gasteiger partial charge in [-0.1, -0.05) is 85.8 Å². The number of pyridine rings is 1. The molecule has 3 heteroatoms. The largest absolute Gasteiger partial charge is 0.345 e. The van der Waals surface area contributed by atoms with E-state index in [0.29, 0.717) is 5.56 Å². The maximum atomic E-state index is 13.2. The standard InChI is InChI=1S/C25H22N2O/c1-2-22(18-11-5-3-6-12-18)27-25(28)21-17-24(19-13-7-4-8-14-19)26-23-16-10-9-15-20(21)23/h3-17,22H,2H2,1H3,(H,27,28)/t22-/m1/s1. The zero-order valence-electron chi connectivity index (χ0n) is 15.8. The fourth-order valence-corrected chi connectivity index (χ4v) is 3.46. The summed E-state index contributed by atoms with van der Waals surface area (Å²) in [5, 5.41) is 4.07. The minimum absolute atomic E-state index is 0.0270. The molecule has 1 N–H and O–H groups in total. The van der Waals surface area contributed by atoms with Crippen molar-refractivity contribution in [2.75, 3.05) is 0 Å².